The van der Waals surface area contributed by atoms with Crippen molar-refractivity contribution in [3.05, 3.63) is 59.3 Å². The molecular weight excluding hydrogens is 458 g/mol. The largest absolute Gasteiger partial charge is 0.444 e. The molecule has 4 N–H and O–H groups in total. The van der Waals surface area contributed by atoms with Crippen molar-refractivity contribution in [1.29, 1.82) is 0 Å². The lowest BCUT2D eigenvalue weighted by Crippen LogP contribution is -2.57. The Morgan fingerprint density at radius 2 is 1.86 bits per heavy atom. The van der Waals surface area contributed by atoms with E-state index in [0.29, 0.717) is 18.8 Å². The molecule has 2 aromatic rings. The number of aromatic nitrogens is 1. The van der Waals surface area contributed by atoms with Gasteiger partial charge in [0.05, 0.1) is 0 Å². The van der Waals surface area contributed by atoms with Crippen LogP contribution in [0.1, 0.15) is 63.3 Å². The number of carbonyl (C=O) groups is 3. The summed E-state index contributed by atoms with van der Waals surface area (Å²) in [4.78, 5) is 44.7. The lowest BCUT2D eigenvalue weighted by molar-refractivity contribution is -0.132. The van der Waals surface area contributed by atoms with Crippen molar-refractivity contribution in [3.63, 3.8) is 0 Å². The van der Waals surface area contributed by atoms with Gasteiger partial charge in [0.15, 0.2) is 0 Å². The molecule has 3 rings (SSSR count). The van der Waals surface area contributed by atoms with Crippen molar-refractivity contribution < 1.29 is 19.1 Å². The van der Waals surface area contributed by atoms with E-state index in [0.717, 1.165) is 23.2 Å². The number of nitrogens with zero attached hydrogens (tertiary/aromatic N) is 2. The molecule has 0 radical (unpaired) electrons. The summed E-state index contributed by atoms with van der Waals surface area (Å²) in [7, 11) is 0. The minimum Gasteiger partial charge on any atom is -0.444 e. The zero-order chi connectivity index (χ0) is 26.5. The first kappa shape index (κ1) is 27.0. The van der Waals surface area contributed by atoms with Gasteiger partial charge >= 0.3 is 6.09 Å². The second kappa shape index (κ2) is 11.4. The third-order valence-electron chi connectivity index (χ3n) is 6.23. The van der Waals surface area contributed by atoms with Crippen LogP contribution in [0.3, 0.4) is 0 Å². The van der Waals surface area contributed by atoms with Gasteiger partial charge in [0.2, 0.25) is 11.8 Å². The van der Waals surface area contributed by atoms with Gasteiger partial charge in [-0.3, -0.25) is 14.5 Å². The molecule has 0 saturated carbocycles. The van der Waals surface area contributed by atoms with Crippen LogP contribution in [-0.4, -0.2) is 52.0 Å². The number of pyridine rings is 1. The number of ether oxygens (including phenoxy) is 1. The minimum atomic E-state index is -0.794. The Bertz CT molecular complexity index is 1080. The van der Waals surface area contributed by atoms with Crippen molar-refractivity contribution >= 4 is 23.7 Å². The van der Waals surface area contributed by atoms with Gasteiger partial charge in [0.1, 0.15) is 23.5 Å². The van der Waals surface area contributed by atoms with Crippen LogP contribution >= 0.6 is 0 Å². The van der Waals surface area contributed by atoms with Crippen molar-refractivity contribution in [2.24, 2.45) is 0 Å². The number of hydrogen-bond acceptors (Lipinski definition) is 6. The molecule has 36 heavy (non-hydrogen) atoms. The highest BCUT2D eigenvalue weighted by Gasteiger charge is 2.39. The highest BCUT2D eigenvalue weighted by molar-refractivity contribution is 5.91. The van der Waals surface area contributed by atoms with Crippen molar-refractivity contribution in [2.75, 3.05) is 12.3 Å². The molecule has 1 aromatic carbocycles. The van der Waals surface area contributed by atoms with Gasteiger partial charge in [-0.2, -0.15) is 0 Å². The van der Waals surface area contributed by atoms with Gasteiger partial charge in [-0.1, -0.05) is 36.4 Å². The smallest absolute Gasteiger partial charge is 0.410 e. The molecule has 1 saturated heterocycles. The zero-order valence-corrected chi connectivity index (χ0v) is 21.7. The zero-order valence-electron chi connectivity index (χ0n) is 21.7. The number of aryl methyl sites for hydroxylation is 1. The van der Waals surface area contributed by atoms with E-state index >= 15 is 0 Å². The Balaban J connectivity index is 1.68. The monoisotopic (exact) mass is 495 g/mol. The predicted molar refractivity (Wildman–Crippen MR) is 138 cm³/mol. The van der Waals surface area contributed by atoms with Gasteiger partial charge in [-0.15, -0.1) is 0 Å². The molecule has 1 aliphatic rings. The fraction of sp³-hybridized carbons (Fsp3) is 0.481. The number of amides is 3. The average molecular weight is 496 g/mol. The van der Waals surface area contributed by atoms with Crippen LogP contribution in [0.4, 0.5) is 10.6 Å². The molecular formula is C27H37N5O4. The summed E-state index contributed by atoms with van der Waals surface area (Å²) in [6.07, 6.45) is 0.634. The van der Waals surface area contributed by atoms with E-state index in [9.17, 15) is 14.4 Å². The summed E-state index contributed by atoms with van der Waals surface area (Å²) in [5.41, 5.74) is 7.70. The predicted octanol–water partition coefficient (Wildman–Crippen LogP) is 3.28. The number of nitrogens with two attached hydrogens (primary N) is 1. The normalized spacial score (nSPS) is 18.8. The summed E-state index contributed by atoms with van der Waals surface area (Å²) < 4.78 is 5.57. The number of rotatable bonds is 6. The third kappa shape index (κ3) is 7.19. The summed E-state index contributed by atoms with van der Waals surface area (Å²) >= 11 is 0. The maximum atomic E-state index is 13.4. The van der Waals surface area contributed by atoms with Crippen LogP contribution in [0, 0.1) is 6.92 Å². The Morgan fingerprint density at radius 1 is 1.17 bits per heavy atom. The van der Waals surface area contributed by atoms with Gasteiger partial charge in [-0.25, -0.2) is 9.78 Å². The van der Waals surface area contributed by atoms with Crippen molar-refractivity contribution in [3.8, 4) is 0 Å². The maximum Gasteiger partial charge on any atom is 0.410 e. The molecule has 1 aliphatic heterocycles. The fourth-order valence-corrected chi connectivity index (χ4v) is 4.29. The summed E-state index contributed by atoms with van der Waals surface area (Å²) in [6, 6.07) is 11.9. The lowest BCUT2D eigenvalue weighted by atomic mass is 9.85. The summed E-state index contributed by atoms with van der Waals surface area (Å²) in [6.45, 7) is 9.47. The lowest BCUT2D eigenvalue weighted by Gasteiger charge is -2.39. The topological polar surface area (TPSA) is 127 Å². The van der Waals surface area contributed by atoms with Gasteiger partial charge in [0.25, 0.3) is 0 Å². The highest BCUT2D eigenvalue weighted by Crippen LogP contribution is 2.32. The molecule has 9 nitrogen and oxygen atoms in total. The van der Waals surface area contributed by atoms with Gasteiger partial charge in [0, 0.05) is 18.8 Å². The highest BCUT2D eigenvalue weighted by atomic mass is 16.6. The molecule has 2 heterocycles. The Labute approximate surface area is 212 Å². The minimum absolute atomic E-state index is 0.116. The number of carbonyl (C=O) groups excluding carboxylic acids is 3. The quantitative estimate of drug-likeness (QED) is 0.565. The molecule has 0 bridgehead atoms. The van der Waals surface area contributed by atoms with Crippen LogP contribution in [-0.2, 0) is 20.9 Å². The number of nitrogen functional groups attached to an aromatic ring is 1. The van der Waals surface area contributed by atoms with E-state index in [-0.39, 0.29) is 24.3 Å². The molecule has 9 heteroatoms. The Hall–Kier alpha value is -3.62. The first-order valence-corrected chi connectivity index (χ1v) is 12.3. The van der Waals surface area contributed by atoms with E-state index in [4.69, 9.17) is 10.5 Å². The number of hydrogen-bond donors (Lipinski definition) is 3. The third-order valence-corrected chi connectivity index (χ3v) is 6.23. The Kier molecular flexibility index (Phi) is 8.55. The van der Waals surface area contributed by atoms with E-state index < -0.39 is 23.8 Å². The SMILES string of the molecule is Cc1nc(N)ccc1CNC(=O)[C@H](C)NC(=O)C1CC(c2ccccc2)CCN1C(=O)OC(C)(C)C. The maximum absolute atomic E-state index is 13.4. The van der Waals surface area contributed by atoms with E-state index in [1.54, 1.807) is 33.8 Å². The fourth-order valence-electron chi connectivity index (χ4n) is 4.29. The average Bonchev–Trinajstić information content (AvgIpc) is 2.82. The molecule has 3 amide bonds. The summed E-state index contributed by atoms with van der Waals surface area (Å²) in [5.74, 6) is -0.182. The number of anilines is 1. The second-order valence-corrected chi connectivity index (χ2v) is 10.3. The first-order valence-electron chi connectivity index (χ1n) is 12.3. The van der Waals surface area contributed by atoms with Gasteiger partial charge in [-0.05, 0) is 70.6 Å². The van der Waals surface area contributed by atoms with E-state index in [1.807, 2.05) is 43.3 Å². The summed E-state index contributed by atoms with van der Waals surface area (Å²) in [5, 5.41) is 5.62. The van der Waals surface area contributed by atoms with E-state index in [1.165, 1.54) is 4.90 Å². The Morgan fingerprint density at radius 3 is 2.50 bits per heavy atom. The van der Waals surface area contributed by atoms with Crippen LogP contribution < -0.4 is 16.4 Å². The number of likely N-dealkylation sites (tertiary alicyclic amines) is 1. The molecule has 0 aliphatic carbocycles. The number of nitrogens with one attached hydrogen (secondary N) is 2. The standard InChI is InChI=1S/C27H37N5O4/c1-17-21(11-12-23(28)30-17)16-29-24(33)18(2)31-25(34)22-15-20(19-9-7-6-8-10-19)13-14-32(22)26(35)36-27(3,4)5/h6-12,18,20,22H,13-16H2,1-5H3,(H2,28,30)(H,29,33)(H,31,34)/t18-,20?,22?/m0/s1. The molecule has 1 aromatic heterocycles. The van der Waals surface area contributed by atoms with Crippen LogP contribution in [0.15, 0.2) is 42.5 Å². The van der Waals surface area contributed by atoms with E-state index in [2.05, 4.69) is 15.6 Å². The molecule has 194 valence electrons. The van der Waals surface area contributed by atoms with Crippen molar-refractivity contribution in [2.45, 2.75) is 77.6 Å². The molecule has 3 atom stereocenters. The number of piperidine rings is 1. The molecule has 1 fully saturated rings. The molecule has 2 unspecified atom stereocenters. The molecule has 0 spiro atoms. The van der Waals surface area contributed by atoms with Crippen LogP contribution in [0.5, 0.6) is 0 Å². The van der Waals surface area contributed by atoms with Crippen LogP contribution in [0.25, 0.3) is 0 Å². The van der Waals surface area contributed by atoms with Crippen molar-refractivity contribution in [1.82, 2.24) is 20.5 Å². The van der Waals surface area contributed by atoms with Crippen LogP contribution in [0.2, 0.25) is 0 Å². The first-order chi connectivity index (χ1) is 16.9. The van der Waals surface area contributed by atoms with Gasteiger partial charge < -0.3 is 21.1 Å². The second-order valence-electron chi connectivity index (χ2n) is 10.3. The number of benzene rings is 1.